The number of halogens is 3. The van der Waals surface area contributed by atoms with E-state index in [1.807, 2.05) is 0 Å². The van der Waals surface area contributed by atoms with Crippen LogP contribution < -0.4 is 16.6 Å². The largest absolute Gasteiger partial charge is 0.335 e. The Hall–Kier alpha value is -1.90. The summed E-state index contributed by atoms with van der Waals surface area (Å²) in [5.41, 5.74) is 3.54. The molecule has 0 radical (unpaired) electrons. The molecular formula is C12H9BrClFN6. The number of hydrogen-bond donors (Lipinski definition) is 3. The molecule has 2 heterocycles. The Kier molecular flexibility index (Phi) is 3.66. The molecule has 0 unspecified atom stereocenters. The van der Waals surface area contributed by atoms with Crippen LogP contribution in [0, 0.1) is 5.82 Å². The quantitative estimate of drug-likeness (QED) is 0.486. The van der Waals surface area contributed by atoms with Gasteiger partial charge in [-0.3, -0.25) is 0 Å². The first-order chi connectivity index (χ1) is 10.1. The van der Waals surface area contributed by atoms with Crippen LogP contribution in [0.1, 0.15) is 0 Å². The summed E-state index contributed by atoms with van der Waals surface area (Å²) in [6, 6.07) is 2.52. The molecule has 3 aromatic rings. The molecule has 1 aromatic carbocycles. The molecule has 21 heavy (non-hydrogen) atoms. The average Bonchev–Trinajstić information content (AvgIpc) is 2.90. The van der Waals surface area contributed by atoms with Crippen molar-refractivity contribution >= 4 is 50.5 Å². The van der Waals surface area contributed by atoms with Gasteiger partial charge >= 0.3 is 0 Å². The lowest BCUT2D eigenvalue weighted by Gasteiger charge is -2.12. The van der Waals surface area contributed by atoms with E-state index in [0.29, 0.717) is 27.4 Å². The van der Waals surface area contributed by atoms with Crippen LogP contribution in [0.4, 0.5) is 21.7 Å². The second-order valence-electron chi connectivity index (χ2n) is 4.15. The predicted molar refractivity (Wildman–Crippen MR) is 83.2 cm³/mol. The van der Waals surface area contributed by atoms with Crippen LogP contribution >= 0.6 is 27.5 Å². The number of nitrogens with one attached hydrogen (secondary N) is 2. The van der Waals surface area contributed by atoms with Crippen molar-refractivity contribution in [3.63, 3.8) is 0 Å². The molecule has 2 aromatic heterocycles. The topological polar surface area (TPSA) is 80.3 Å². The van der Waals surface area contributed by atoms with Crippen LogP contribution in [0.25, 0.3) is 5.65 Å². The van der Waals surface area contributed by atoms with E-state index in [9.17, 15) is 4.39 Å². The van der Waals surface area contributed by atoms with Gasteiger partial charge in [0.05, 0.1) is 16.9 Å². The highest BCUT2D eigenvalue weighted by atomic mass is 79.9. The lowest BCUT2D eigenvalue weighted by Crippen LogP contribution is -2.11. The van der Waals surface area contributed by atoms with Gasteiger partial charge in [-0.1, -0.05) is 11.6 Å². The third-order valence-electron chi connectivity index (χ3n) is 2.77. The van der Waals surface area contributed by atoms with Crippen LogP contribution in [0.2, 0.25) is 5.02 Å². The summed E-state index contributed by atoms with van der Waals surface area (Å²) in [6.07, 6.45) is 5.07. The van der Waals surface area contributed by atoms with E-state index in [1.54, 1.807) is 23.0 Å². The van der Waals surface area contributed by atoms with Crippen molar-refractivity contribution in [1.29, 1.82) is 0 Å². The maximum atomic E-state index is 13.3. The van der Waals surface area contributed by atoms with E-state index in [2.05, 4.69) is 36.6 Å². The van der Waals surface area contributed by atoms with Gasteiger partial charge in [0.25, 0.3) is 0 Å². The Bertz CT molecular complexity index is 798. The highest BCUT2D eigenvalue weighted by Crippen LogP contribution is 2.34. The lowest BCUT2D eigenvalue weighted by molar-refractivity contribution is 0.627. The third-order valence-corrected chi connectivity index (χ3v) is 3.70. The fourth-order valence-corrected chi connectivity index (χ4v) is 2.76. The van der Waals surface area contributed by atoms with Gasteiger partial charge in [-0.25, -0.2) is 20.2 Å². The minimum absolute atomic E-state index is 0.222. The van der Waals surface area contributed by atoms with Crippen LogP contribution in [0.3, 0.4) is 0 Å². The zero-order valence-corrected chi connectivity index (χ0v) is 12.8. The van der Waals surface area contributed by atoms with Gasteiger partial charge < -0.3 is 15.1 Å². The number of hydrogen-bond acceptors (Lipinski definition) is 5. The summed E-state index contributed by atoms with van der Waals surface area (Å²) < 4.78 is 15.5. The molecule has 6 nitrogen and oxygen atoms in total. The molecule has 0 aliphatic carbocycles. The summed E-state index contributed by atoms with van der Waals surface area (Å²) >= 11 is 9.32. The minimum atomic E-state index is -0.436. The fraction of sp³-hybridized carbons (Fsp3) is 0. The Morgan fingerprint density at radius 2 is 2.19 bits per heavy atom. The SMILES string of the molecule is NNc1cn2ccnc2c(Nc2c(Cl)cc(F)cc2Br)n1. The summed E-state index contributed by atoms with van der Waals surface area (Å²) in [4.78, 5) is 8.49. The molecular weight excluding hydrogens is 363 g/mol. The van der Waals surface area contributed by atoms with E-state index in [4.69, 9.17) is 17.4 Å². The number of hydrazine groups is 1. The summed E-state index contributed by atoms with van der Waals surface area (Å²) in [7, 11) is 0. The van der Waals surface area contributed by atoms with Crippen LogP contribution in [-0.4, -0.2) is 14.4 Å². The van der Waals surface area contributed by atoms with Gasteiger partial charge in [0.15, 0.2) is 17.3 Å². The number of rotatable bonds is 3. The fourth-order valence-electron chi connectivity index (χ4n) is 1.87. The molecule has 4 N–H and O–H groups in total. The van der Waals surface area contributed by atoms with Crippen molar-refractivity contribution in [2.24, 2.45) is 5.84 Å². The number of nitrogens with two attached hydrogens (primary N) is 1. The molecule has 0 bridgehead atoms. The number of nitrogens with zero attached hydrogens (tertiary/aromatic N) is 3. The lowest BCUT2D eigenvalue weighted by atomic mass is 10.3. The van der Waals surface area contributed by atoms with Gasteiger partial charge in [0, 0.05) is 16.9 Å². The van der Waals surface area contributed by atoms with Crippen molar-refractivity contribution in [3.8, 4) is 0 Å². The predicted octanol–water partition coefficient (Wildman–Crippen LogP) is 3.31. The van der Waals surface area contributed by atoms with Crippen molar-refractivity contribution < 1.29 is 4.39 Å². The molecule has 0 saturated carbocycles. The second-order valence-corrected chi connectivity index (χ2v) is 5.41. The standard InChI is InChI=1S/C12H9BrClFN6/c13-7-3-6(15)4-8(14)10(7)19-11-12-17-1-2-21(12)5-9(18-11)20-16/h1-5,20H,16H2,(H,18,19). The van der Waals surface area contributed by atoms with Crippen LogP contribution in [-0.2, 0) is 0 Å². The first-order valence-electron chi connectivity index (χ1n) is 5.80. The molecule has 0 spiro atoms. The zero-order valence-electron chi connectivity index (χ0n) is 10.4. The van der Waals surface area contributed by atoms with Crippen molar-refractivity contribution in [1.82, 2.24) is 14.4 Å². The third kappa shape index (κ3) is 2.65. The number of nitrogen functional groups attached to an aromatic ring is 1. The molecule has 0 saturated heterocycles. The van der Waals surface area contributed by atoms with Gasteiger partial charge in [-0.05, 0) is 28.1 Å². The monoisotopic (exact) mass is 370 g/mol. The summed E-state index contributed by atoms with van der Waals surface area (Å²) in [5.74, 6) is 5.83. The van der Waals surface area contributed by atoms with Crippen molar-refractivity contribution in [3.05, 3.63) is 46.0 Å². The Morgan fingerprint density at radius 3 is 2.90 bits per heavy atom. The van der Waals surface area contributed by atoms with Gasteiger partial charge in [0.2, 0.25) is 0 Å². The number of imidazole rings is 1. The zero-order chi connectivity index (χ0) is 15.0. The van der Waals surface area contributed by atoms with Crippen LogP contribution in [0.5, 0.6) is 0 Å². The normalized spacial score (nSPS) is 10.9. The highest BCUT2D eigenvalue weighted by Gasteiger charge is 2.13. The maximum absolute atomic E-state index is 13.3. The smallest absolute Gasteiger partial charge is 0.180 e. The van der Waals surface area contributed by atoms with E-state index in [-0.39, 0.29) is 5.02 Å². The summed E-state index contributed by atoms with van der Waals surface area (Å²) in [5, 5.41) is 3.26. The number of benzene rings is 1. The molecule has 0 fully saturated rings. The van der Waals surface area contributed by atoms with Crippen molar-refractivity contribution in [2.75, 3.05) is 10.7 Å². The molecule has 0 aliphatic heterocycles. The van der Waals surface area contributed by atoms with Crippen molar-refractivity contribution in [2.45, 2.75) is 0 Å². The molecule has 0 atom stereocenters. The number of fused-ring (bicyclic) bond motifs is 1. The Labute approximate surface area is 132 Å². The highest BCUT2D eigenvalue weighted by molar-refractivity contribution is 9.10. The Morgan fingerprint density at radius 1 is 1.38 bits per heavy atom. The number of anilines is 3. The first-order valence-corrected chi connectivity index (χ1v) is 6.97. The van der Waals surface area contributed by atoms with Gasteiger partial charge in [0.1, 0.15) is 5.82 Å². The van der Waals surface area contributed by atoms with E-state index in [1.165, 1.54) is 12.1 Å². The van der Waals surface area contributed by atoms with E-state index in [0.717, 1.165) is 0 Å². The molecule has 3 rings (SSSR count). The second kappa shape index (κ2) is 5.47. The molecule has 0 aliphatic rings. The molecule has 0 amide bonds. The minimum Gasteiger partial charge on any atom is -0.335 e. The van der Waals surface area contributed by atoms with Crippen LogP contribution in [0.15, 0.2) is 35.2 Å². The molecule has 9 heteroatoms. The Balaban J connectivity index is 2.11. The summed E-state index contributed by atoms with van der Waals surface area (Å²) in [6.45, 7) is 0. The first kappa shape index (κ1) is 14.1. The van der Waals surface area contributed by atoms with E-state index < -0.39 is 5.82 Å². The maximum Gasteiger partial charge on any atom is 0.180 e. The number of aromatic nitrogens is 3. The molecule has 108 valence electrons. The van der Waals surface area contributed by atoms with Gasteiger partial charge in [-0.2, -0.15) is 0 Å². The van der Waals surface area contributed by atoms with E-state index >= 15 is 0 Å². The average molecular weight is 372 g/mol. The van der Waals surface area contributed by atoms with Gasteiger partial charge in [-0.15, -0.1) is 0 Å².